The molecular weight excluding hydrogens is 244 g/mol. The molecule has 0 spiro atoms. The van der Waals surface area contributed by atoms with Crippen LogP contribution in [0.3, 0.4) is 0 Å². The normalized spacial score (nSPS) is 14.2. The third-order valence-corrected chi connectivity index (χ3v) is 3.29. The zero-order valence-corrected chi connectivity index (χ0v) is 10.7. The van der Waals surface area contributed by atoms with Crippen molar-refractivity contribution in [3.05, 3.63) is 35.4 Å². The summed E-state index contributed by atoms with van der Waals surface area (Å²) in [5.74, 6) is -1.10. The fraction of sp³-hybridized carbons (Fsp3) is 0.429. The lowest BCUT2D eigenvalue weighted by atomic mass is 10.0. The van der Waals surface area contributed by atoms with Crippen molar-refractivity contribution in [2.75, 3.05) is 6.54 Å². The molecule has 0 heterocycles. The average Bonchev–Trinajstić information content (AvgIpc) is 3.20. The monoisotopic (exact) mass is 262 g/mol. The first-order valence-electron chi connectivity index (χ1n) is 6.40. The maximum atomic E-state index is 12.2. The predicted octanol–water partition coefficient (Wildman–Crippen LogP) is 0.763. The highest BCUT2D eigenvalue weighted by Crippen LogP contribution is 2.27. The Morgan fingerprint density at radius 2 is 1.89 bits per heavy atom. The lowest BCUT2D eigenvalue weighted by Gasteiger charge is -2.20. The van der Waals surface area contributed by atoms with E-state index in [2.05, 4.69) is 0 Å². The van der Waals surface area contributed by atoms with Gasteiger partial charge in [-0.15, -0.1) is 0 Å². The van der Waals surface area contributed by atoms with Crippen molar-refractivity contribution in [2.45, 2.75) is 31.8 Å². The van der Waals surface area contributed by atoms with Crippen molar-refractivity contribution in [2.24, 2.45) is 5.73 Å². The Bertz CT molecular complexity index is 483. The number of nitrogens with zero attached hydrogens (tertiary/aromatic N) is 1. The molecule has 0 aliphatic heterocycles. The summed E-state index contributed by atoms with van der Waals surface area (Å²) in [7, 11) is 0. The molecule has 1 amide bonds. The van der Waals surface area contributed by atoms with Gasteiger partial charge in [-0.2, -0.15) is 0 Å². The molecule has 0 bridgehead atoms. The van der Waals surface area contributed by atoms with Crippen LogP contribution >= 0.6 is 0 Å². The van der Waals surface area contributed by atoms with Gasteiger partial charge in [-0.05, 0) is 24.0 Å². The summed E-state index contributed by atoms with van der Waals surface area (Å²) in [6, 6.07) is 7.60. The van der Waals surface area contributed by atoms with Crippen LogP contribution in [0, 0.1) is 0 Å². The number of hydrogen-bond acceptors (Lipinski definition) is 3. The van der Waals surface area contributed by atoms with Crippen LogP contribution in [0.25, 0.3) is 0 Å². The third-order valence-electron chi connectivity index (χ3n) is 3.29. The Hall–Kier alpha value is -1.88. The van der Waals surface area contributed by atoms with Gasteiger partial charge in [-0.3, -0.25) is 9.59 Å². The molecule has 1 saturated carbocycles. The van der Waals surface area contributed by atoms with E-state index in [4.69, 9.17) is 10.8 Å². The number of hydrogen-bond donors (Lipinski definition) is 2. The van der Waals surface area contributed by atoms with E-state index in [0.29, 0.717) is 6.54 Å². The summed E-state index contributed by atoms with van der Waals surface area (Å²) in [5.41, 5.74) is 7.45. The van der Waals surface area contributed by atoms with Gasteiger partial charge in [0.2, 0.25) is 5.91 Å². The van der Waals surface area contributed by atoms with Gasteiger partial charge >= 0.3 is 5.97 Å². The van der Waals surface area contributed by atoms with Crippen LogP contribution in [0.4, 0.5) is 0 Å². The third kappa shape index (κ3) is 3.54. The molecular formula is C14H18N2O3. The SMILES string of the molecule is NCc1ccccc1CC(=O)N(CC(=O)O)C1CC1. The van der Waals surface area contributed by atoms with Crippen LogP contribution in [0.1, 0.15) is 24.0 Å². The lowest BCUT2D eigenvalue weighted by Crippen LogP contribution is -2.38. The second-order valence-corrected chi connectivity index (χ2v) is 4.80. The van der Waals surface area contributed by atoms with Crippen molar-refractivity contribution >= 4 is 11.9 Å². The fourth-order valence-corrected chi connectivity index (χ4v) is 2.15. The predicted molar refractivity (Wildman–Crippen MR) is 70.4 cm³/mol. The van der Waals surface area contributed by atoms with Gasteiger partial charge in [0.1, 0.15) is 6.54 Å². The number of amides is 1. The number of rotatable bonds is 6. The molecule has 0 atom stereocenters. The molecule has 19 heavy (non-hydrogen) atoms. The first-order chi connectivity index (χ1) is 9.11. The first-order valence-corrected chi connectivity index (χ1v) is 6.40. The van der Waals surface area contributed by atoms with E-state index in [-0.39, 0.29) is 24.9 Å². The van der Waals surface area contributed by atoms with E-state index < -0.39 is 5.97 Å². The Morgan fingerprint density at radius 1 is 1.26 bits per heavy atom. The second kappa shape index (κ2) is 5.84. The van der Waals surface area contributed by atoms with E-state index in [1.165, 1.54) is 4.90 Å². The lowest BCUT2D eigenvalue weighted by molar-refractivity contribution is -0.144. The summed E-state index contributed by atoms with van der Waals surface area (Å²) < 4.78 is 0. The standard InChI is InChI=1S/C14H18N2O3/c15-8-11-4-2-1-3-10(11)7-13(17)16(9-14(18)19)12-5-6-12/h1-4,12H,5-9,15H2,(H,18,19). The minimum atomic E-state index is -0.965. The highest BCUT2D eigenvalue weighted by Gasteiger charge is 2.33. The molecule has 1 aliphatic carbocycles. The number of carboxylic acid groups (broad SMARTS) is 1. The number of carbonyl (C=O) groups excluding carboxylic acids is 1. The van der Waals surface area contributed by atoms with Crippen molar-refractivity contribution < 1.29 is 14.7 Å². The zero-order valence-electron chi connectivity index (χ0n) is 10.7. The summed E-state index contributed by atoms with van der Waals surface area (Å²) in [6.45, 7) is 0.167. The molecule has 2 rings (SSSR count). The Labute approximate surface area is 112 Å². The number of carboxylic acids is 1. The number of carbonyl (C=O) groups is 2. The molecule has 0 aromatic heterocycles. The van der Waals surface area contributed by atoms with E-state index >= 15 is 0 Å². The molecule has 0 unspecified atom stereocenters. The first kappa shape index (κ1) is 13.5. The largest absolute Gasteiger partial charge is 0.480 e. The summed E-state index contributed by atoms with van der Waals surface area (Å²) in [6.07, 6.45) is 2.02. The van der Waals surface area contributed by atoms with E-state index in [1.807, 2.05) is 24.3 Å². The van der Waals surface area contributed by atoms with Gasteiger partial charge in [-0.25, -0.2) is 0 Å². The summed E-state index contributed by atoms with van der Waals surface area (Å²) >= 11 is 0. The van der Waals surface area contributed by atoms with E-state index in [0.717, 1.165) is 24.0 Å². The summed E-state index contributed by atoms with van der Waals surface area (Å²) in [5, 5.41) is 8.86. The maximum absolute atomic E-state index is 12.2. The Morgan fingerprint density at radius 3 is 2.42 bits per heavy atom. The number of benzene rings is 1. The highest BCUT2D eigenvalue weighted by atomic mass is 16.4. The molecule has 1 aliphatic rings. The van der Waals surface area contributed by atoms with Crippen LogP contribution in [0.5, 0.6) is 0 Å². The van der Waals surface area contributed by atoms with Crippen LogP contribution in [0.15, 0.2) is 24.3 Å². The quantitative estimate of drug-likeness (QED) is 0.793. The van der Waals surface area contributed by atoms with Gasteiger partial charge < -0.3 is 15.7 Å². The van der Waals surface area contributed by atoms with Crippen LogP contribution in [-0.4, -0.2) is 34.5 Å². The molecule has 1 aromatic carbocycles. The maximum Gasteiger partial charge on any atom is 0.323 e. The molecule has 1 fully saturated rings. The number of nitrogens with two attached hydrogens (primary N) is 1. The van der Waals surface area contributed by atoms with Crippen LogP contribution < -0.4 is 5.73 Å². The molecule has 0 saturated heterocycles. The molecule has 5 nitrogen and oxygen atoms in total. The molecule has 3 N–H and O–H groups in total. The highest BCUT2D eigenvalue weighted by molar-refractivity contribution is 5.83. The van der Waals surface area contributed by atoms with Gasteiger partial charge in [0.15, 0.2) is 0 Å². The number of aliphatic carboxylic acids is 1. The second-order valence-electron chi connectivity index (χ2n) is 4.80. The minimum Gasteiger partial charge on any atom is -0.480 e. The van der Waals surface area contributed by atoms with Gasteiger partial charge in [0.25, 0.3) is 0 Å². The van der Waals surface area contributed by atoms with Crippen LogP contribution in [-0.2, 0) is 22.6 Å². The zero-order chi connectivity index (χ0) is 13.8. The smallest absolute Gasteiger partial charge is 0.323 e. The van der Waals surface area contributed by atoms with Gasteiger partial charge in [-0.1, -0.05) is 24.3 Å². The molecule has 1 aromatic rings. The van der Waals surface area contributed by atoms with Crippen LogP contribution in [0.2, 0.25) is 0 Å². The molecule has 5 heteroatoms. The average molecular weight is 262 g/mol. The van der Waals surface area contributed by atoms with Crippen molar-refractivity contribution in [3.8, 4) is 0 Å². The van der Waals surface area contributed by atoms with Gasteiger partial charge in [0.05, 0.1) is 6.42 Å². The minimum absolute atomic E-state index is 0.105. The van der Waals surface area contributed by atoms with E-state index in [1.54, 1.807) is 0 Å². The topological polar surface area (TPSA) is 83.6 Å². The van der Waals surface area contributed by atoms with Crippen molar-refractivity contribution in [1.82, 2.24) is 4.90 Å². The van der Waals surface area contributed by atoms with Gasteiger partial charge in [0, 0.05) is 12.6 Å². The van der Waals surface area contributed by atoms with Crippen molar-refractivity contribution in [1.29, 1.82) is 0 Å². The van der Waals surface area contributed by atoms with Crippen molar-refractivity contribution in [3.63, 3.8) is 0 Å². The Kier molecular flexibility index (Phi) is 4.16. The summed E-state index contributed by atoms with van der Waals surface area (Å²) in [4.78, 5) is 24.5. The van der Waals surface area contributed by atoms with E-state index in [9.17, 15) is 9.59 Å². The fourth-order valence-electron chi connectivity index (χ4n) is 2.15. The molecule has 102 valence electrons. The molecule has 0 radical (unpaired) electrons. The Balaban J connectivity index is 2.08.